The Morgan fingerprint density at radius 1 is 1.07 bits per heavy atom. The average Bonchev–Trinajstić information content (AvgIpc) is 2.77. The van der Waals surface area contributed by atoms with Crippen LogP contribution < -0.4 is 10.1 Å². The van der Waals surface area contributed by atoms with E-state index in [0.717, 1.165) is 12.0 Å². The lowest BCUT2D eigenvalue weighted by molar-refractivity contribution is -0.158. The second kappa shape index (κ2) is 9.91. The molecule has 2 aromatic rings. The van der Waals surface area contributed by atoms with E-state index in [2.05, 4.69) is 11.4 Å². The summed E-state index contributed by atoms with van der Waals surface area (Å²) in [5.41, 5.74) is 2.75. The van der Waals surface area contributed by atoms with Gasteiger partial charge in [0.2, 0.25) is 0 Å². The smallest absolute Gasteiger partial charge is 0.326 e. The van der Waals surface area contributed by atoms with Crippen LogP contribution in [-0.2, 0) is 27.3 Å². The highest BCUT2D eigenvalue weighted by molar-refractivity contribution is 5.96. The molecule has 0 fully saturated rings. The fraction of sp³-hybridized carbons (Fsp3) is 0.348. The number of carbonyl (C=O) groups excluding carboxylic acids is 3. The lowest BCUT2D eigenvalue weighted by Gasteiger charge is -2.30. The number of fused-ring (bicyclic) bond motifs is 1. The first-order valence-electron chi connectivity index (χ1n) is 10.0. The van der Waals surface area contributed by atoms with Crippen molar-refractivity contribution < 1.29 is 23.9 Å². The zero-order valence-electron chi connectivity index (χ0n) is 17.2. The summed E-state index contributed by atoms with van der Waals surface area (Å²) in [6.07, 6.45) is -0.133. The van der Waals surface area contributed by atoms with Gasteiger partial charge in [0.15, 0.2) is 6.10 Å². The van der Waals surface area contributed by atoms with Gasteiger partial charge < -0.3 is 19.7 Å². The molecule has 7 heteroatoms. The molecule has 1 N–H and O–H groups in total. The van der Waals surface area contributed by atoms with Crippen LogP contribution in [0.3, 0.4) is 0 Å². The molecule has 0 bridgehead atoms. The first-order chi connectivity index (χ1) is 14.5. The lowest BCUT2D eigenvalue weighted by atomic mass is 9.99. The van der Waals surface area contributed by atoms with Gasteiger partial charge in [-0.25, -0.2) is 0 Å². The molecule has 0 saturated heterocycles. The van der Waals surface area contributed by atoms with Crippen LogP contribution in [0, 0.1) is 0 Å². The molecule has 30 heavy (non-hydrogen) atoms. The number of esters is 1. The molecule has 0 saturated carbocycles. The van der Waals surface area contributed by atoms with E-state index < -0.39 is 18.0 Å². The number of hydrogen-bond donors (Lipinski definition) is 1. The summed E-state index contributed by atoms with van der Waals surface area (Å²) >= 11 is 0. The van der Waals surface area contributed by atoms with Crippen molar-refractivity contribution in [2.24, 2.45) is 0 Å². The van der Waals surface area contributed by atoms with Gasteiger partial charge >= 0.3 is 5.97 Å². The molecule has 158 valence electrons. The van der Waals surface area contributed by atoms with Crippen molar-refractivity contribution in [2.45, 2.75) is 32.9 Å². The van der Waals surface area contributed by atoms with E-state index in [1.165, 1.54) is 5.56 Å². The zero-order valence-corrected chi connectivity index (χ0v) is 17.2. The van der Waals surface area contributed by atoms with Gasteiger partial charge in [-0.3, -0.25) is 14.4 Å². The molecule has 0 spiro atoms. The third-order valence-corrected chi connectivity index (χ3v) is 4.92. The first-order valence-corrected chi connectivity index (χ1v) is 10.0. The van der Waals surface area contributed by atoms with Gasteiger partial charge in [-0.1, -0.05) is 24.3 Å². The molecular formula is C23H26N2O5. The third kappa shape index (κ3) is 5.37. The van der Waals surface area contributed by atoms with Gasteiger partial charge in [0.25, 0.3) is 11.8 Å². The molecule has 0 aromatic heterocycles. The number of benzene rings is 2. The van der Waals surface area contributed by atoms with Gasteiger partial charge in [-0.2, -0.15) is 0 Å². The Balaban J connectivity index is 1.46. The van der Waals surface area contributed by atoms with Gasteiger partial charge in [-0.15, -0.1) is 0 Å². The minimum absolute atomic E-state index is 0.240. The van der Waals surface area contributed by atoms with Gasteiger partial charge in [0, 0.05) is 18.7 Å². The second-order valence-corrected chi connectivity index (χ2v) is 7.05. The van der Waals surface area contributed by atoms with Crippen molar-refractivity contribution in [3.63, 3.8) is 0 Å². The Hall–Kier alpha value is -3.35. The molecule has 0 aliphatic carbocycles. The van der Waals surface area contributed by atoms with Crippen LogP contribution in [0.1, 0.15) is 35.3 Å². The van der Waals surface area contributed by atoms with E-state index in [9.17, 15) is 14.4 Å². The Morgan fingerprint density at radius 3 is 2.47 bits per heavy atom. The van der Waals surface area contributed by atoms with Crippen LogP contribution in [0.2, 0.25) is 0 Å². The van der Waals surface area contributed by atoms with Crippen molar-refractivity contribution in [3.05, 3.63) is 65.2 Å². The van der Waals surface area contributed by atoms with E-state index in [-0.39, 0.29) is 12.5 Å². The summed E-state index contributed by atoms with van der Waals surface area (Å²) in [5, 5.41) is 2.51. The number of nitrogens with zero attached hydrogens (tertiary/aromatic N) is 1. The quantitative estimate of drug-likeness (QED) is 0.708. The molecule has 2 aromatic carbocycles. The molecule has 1 atom stereocenters. The van der Waals surface area contributed by atoms with Crippen LogP contribution in [0.15, 0.2) is 48.5 Å². The molecule has 7 nitrogen and oxygen atoms in total. The minimum Gasteiger partial charge on any atom is -0.494 e. The zero-order chi connectivity index (χ0) is 21.5. The maximum Gasteiger partial charge on any atom is 0.326 e. The van der Waals surface area contributed by atoms with Crippen molar-refractivity contribution in [1.82, 2.24) is 10.2 Å². The number of ether oxygens (including phenoxy) is 2. The predicted octanol–water partition coefficient (Wildman–Crippen LogP) is 2.33. The monoisotopic (exact) mass is 410 g/mol. The molecule has 1 aliphatic rings. The van der Waals surface area contributed by atoms with E-state index in [1.54, 1.807) is 36.1 Å². The Bertz CT molecular complexity index is 910. The SMILES string of the molecule is CCOc1ccc(C(=O)NCC(=O)O[C@@H](C)C(=O)N2CCc3ccccc3C2)cc1. The van der Waals surface area contributed by atoms with E-state index in [0.29, 0.717) is 31.0 Å². The van der Waals surface area contributed by atoms with Crippen molar-refractivity contribution >= 4 is 17.8 Å². The summed E-state index contributed by atoms with van der Waals surface area (Å²) in [7, 11) is 0. The van der Waals surface area contributed by atoms with Crippen molar-refractivity contribution in [3.8, 4) is 5.75 Å². The highest BCUT2D eigenvalue weighted by Crippen LogP contribution is 2.19. The summed E-state index contributed by atoms with van der Waals surface area (Å²) in [5.74, 6) is -0.633. The fourth-order valence-corrected chi connectivity index (χ4v) is 3.35. The fourth-order valence-electron chi connectivity index (χ4n) is 3.35. The summed E-state index contributed by atoms with van der Waals surface area (Å²) in [6, 6.07) is 14.6. The van der Waals surface area contributed by atoms with Crippen LogP contribution in [0.5, 0.6) is 5.75 Å². The van der Waals surface area contributed by atoms with Gasteiger partial charge in [-0.05, 0) is 55.7 Å². The molecule has 0 unspecified atom stereocenters. The molecule has 2 amide bonds. The highest BCUT2D eigenvalue weighted by atomic mass is 16.5. The summed E-state index contributed by atoms with van der Waals surface area (Å²) in [4.78, 5) is 38.6. The molecule has 3 rings (SSSR count). The number of rotatable bonds is 7. The Kier molecular flexibility index (Phi) is 7.06. The highest BCUT2D eigenvalue weighted by Gasteiger charge is 2.27. The van der Waals surface area contributed by atoms with E-state index in [4.69, 9.17) is 9.47 Å². The van der Waals surface area contributed by atoms with Crippen molar-refractivity contribution in [2.75, 3.05) is 19.7 Å². The lowest BCUT2D eigenvalue weighted by Crippen LogP contribution is -2.43. The van der Waals surface area contributed by atoms with Gasteiger partial charge in [0.1, 0.15) is 12.3 Å². The van der Waals surface area contributed by atoms with E-state index >= 15 is 0 Å². The number of nitrogens with one attached hydrogen (secondary N) is 1. The average molecular weight is 410 g/mol. The largest absolute Gasteiger partial charge is 0.494 e. The molecular weight excluding hydrogens is 384 g/mol. The maximum atomic E-state index is 12.6. The number of hydrogen-bond acceptors (Lipinski definition) is 5. The topological polar surface area (TPSA) is 84.9 Å². The number of carbonyl (C=O) groups is 3. The molecule has 0 radical (unpaired) electrons. The second-order valence-electron chi connectivity index (χ2n) is 7.05. The van der Waals surface area contributed by atoms with Gasteiger partial charge in [0.05, 0.1) is 6.61 Å². The van der Waals surface area contributed by atoms with Crippen LogP contribution >= 0.6 is 0 Å². The summed E-state index contributed by atoms with van der Waals surface area (Å²) < 4.78 is 10.6. The third-order valence-electron chi connectivity index (χ3n) is 4.92. The minimum atomic E-state index is -0.912. The molecule has 1 heterocycles. The first kappa shape index (κ1) is 21.4. The molecule has 1 aliphatic heterocycles. The van der Waals surface area contributed by atoms with Crippen molar-refractivity contribution in [1.29, 1.82) is 0 Å². The Labute approximate surface area is 176 Å². The summed E-state index contributed by atoms with van der Waals surface area (Å²) in [6.45, 7) is 4.75. The maximum absolute atomic E-state index is 12.6. The number of amides is 2. The van der Waals surface area contributed by atoms with Crippen LogP contribution in [0.25, 0.3) is 0 Å². The predicted molar refractivity (Wildman–Crippen MR) is 111 cm³/mol. The van der Waals surface area contributed by atoms with E-state index in [1.807, 2.05) is 25.1 Å². The Morgan fingerprint density at radius 2 is 1.77 bits per heavy atom. The van der Waals surface area contributed by atoms with Crippen LogP contribution in [-0.4, -0.2) is 48.5 Å². The van der Waals surface area contributed by atoms with Crippen LogP contribution in [0.4, 0.5) is 0 Å². The standard InChI is InChI=1S/C23H26N2O5/c1-3-29-20-10-8-18(9-11-20)22(27)24-14-21(26)30-16(2)23(28)25-13-12-17-6-4-5-7-19(17)15-25/h4-11,16H,3,12-15H2,1-2H3,(H,24,27)/t16-/m0/s1. The normalized spacial score (nSPS) is 13.7.